The summed E-state index contributed by atoms with van der Waals surface area (Å²) in [6.45, 7) is 2.52. The van der Waals surface area contributed by atoms with Crippen LogP contribution in [-0.2, 0) is 4.74 Å². The van der Waals surface area contributed by atoms with Gasteiger partial charge in [-0.3, -0.25) is 14.4 Å². The minimum absolute atomic E-state index is 0.0798. The van der Waals surface area contributed by atoms with E-state index in [-0.39, 0.29) is 43.4 Å². The SMILES string of the molecule is NC(=O)c1cc(N2CCCCC2)ccc1NC(=O)c1cccc(C(=O)NCCOCCO)c1. The molecule has 2 aromatic rings. The maximum Gasteiger partial charge on any atom is 0.255 e. The zero-order valence-electron chi connectivity index (χ0n) is 18.5. The molecule has 9 nitrogen and oxygen atoms in total. The predicted octanol–water partition coefficient (Wildman–Crippen LogP) is 1.77. The first-order valence-electron chi connectivity index (χ1n) is 11.1. The highest BCUT2D eigenvalue weighted by molar-refractivity contribution is 6.10. The standard InChI is InChI=1S/C24H30N4O5/c25-22(30)20-16-19(28-10-2-1-3-11-28)7-8-21(20)27-24(32)18-6-4-5-17(15-18)23(31)26-9-13-33-14-12-29/h4-8,15-16,29H,1-3,9-14H2,(H2,25,30)(H,26,31)(H,27,32). The second-order valence-corrected chi connectivity index (χ2v) is 7.77. The molecule has 3 rings (SSSR count). The van der Waals surface area contributed by atoms with E-state index in [4.69, 9.17) is 15.6 Å². The van der Waals surface area contributed by atoms with Crippen molar-refractivity contribution in [2.24, 2.45) is 5.73 Å². The van der Waals surface area contributed by atoms with Gasteiger partial charge in [0.25, 0.3) is 17.7 Å². The van der Waals surface area contributed by atoms with Gasteiger partial charge >= 0.3 is 0 Å². The molecular formula is C24H30N4O5. The van der Waals surface area contributed by atoms with Crippen molar-refractivity contribution < 1.29 is 24.2 Å². The third-order valence-corrected chi connectivity index (χ3v) is 5.39. The summed E-state index contributed by atoms with van der Waals surface area (Å²) in [5.74, 6) is -1.43. The summed E-state index contributed by atoms with van der Waals surface area (Å²) < 4.78 is 5.11. The van der Waals surface area contributed by atoms with Crippen molar-refractivity contribution in [3.63, 3.8) is 0 Å². The van der Waals surface area contributed by atoms with E-state index in [9.17, 15) is 14.4 Å². The monoisotopic (exact) mass is 454 g/mol. The van der Waals surface area contributed by atoms with Crippen molar-refractivity contribution in [2.45, 2.75) is 19.3 Å². The van der Waals surface area contributed by atoms with Crippen LogP contribution in [0.5, 0.6) is 0 Å². The molecule has 176 valence electrons. The van der Waals surface area contributed by atoms with Gasteiger partial charge in [-0.05, 0) is 55.7 Å². The third-order valence-electron chi connectivity index (χ3n) is 5.39. The largest absolute Gasteiger partial charge is 0.394 e. The fourth-order valence-corrected chi connectivity index (χ4v) is 3.70. The first-order chi connectivity index (χ1) is 16.0. The number of ether oxygens (including phenoxy) is 1. The lowest BCUT2D eigenvalue weighted by molar-refractivity contribution is 0.0838. The molecule has 3 amide bonds. The number of primary amides is 1. The molecule has 0 spiro atoms. The molecule has 9 heteroatoms. The third kappa shape index (κ3) is 6.77. The summed E-state index contributed by atoms with van der Waals surface area (Å²) in [6, 6.07) is 11.5. The van der Waals surface area contributed by atoms with Gasteiger partial charge in [0.15, 0.2) is 0 Å². The van der Waals surface area contributed by atoms with Gasteiger partial charge in [-0.2, -0.15) is 0 Å². The van der Waals surface area contributed by atoms with E-state index in [0.29, 0.717) is 11.3 Å². The number of nitrogens with two attached hydrogens (primary N) is 1. The van der Waals surface area contributed by atoms with Gasteiger partial charge in [-0.15, -0.1) is 0 Å². The topological polar surface area (TPSA) is 134 Å². The van der Waals surface area contributed by atoms with Crippen molar-refractivity contribution in [3.8, 4) is 0 Å². The zero-order valence-corrected chi connectivity index (χ0v) is 18.5. The molecule has 1 saturated heterocycles. The van der Waals surface area contributed by atoms with E-state index in [1.807, 2.05) is 6.07 Å². The molecule has 33 heavy (non-hydrogen) atoms. The van der Waals surface area contributed by atoms with Crippen molar-refractivity contribution in [1.29, 1.82) is 0 Å². The second-order valence-electron chi connectivity index (χ2n) is 7.77. The van der Waals surface area contributed by atoms with Crippen LogP contribution in [0.1, 0.15) is 50.3 Å². The van der Waals surface area contributed by atoms with Crippen LogP contribution in [0.15, 0.2) is 42.5 Å². The number of hydrogen-bond donors (Lipinski definition) is 4. The minimum Gasteiger partial charge on any atom is -0.394 e. The molecule has 1 heterocycles. The number of amides is 3. The highest BCUT2D eigenvalue weighted by Gasteiger charge is 2.17. The molecule has 1 fully saturated rings. The summed E-state index contributed by atoms with van der Waals surface area (Å²) >= 11 is 0. The highest BCUT2D eigenvalue weighted by atomic mass is 16.5. The van der Waals surface area contributed by atoms with Crippen LogP contribution in [0.2, 0.25) is 0 Å². The van der Waals surface area contributed by atoms with Gasteiger partial charge in [0.1, 0.15) is 0 Å². The fourth-order valence-electron chi connectivity index (χ4n) is 3.70. The number of aliphatic hydroxyl groups excluding tert-OH is 1. The molecule has 0 bridgehead atoms. The number of piperidine rings is 1. The molecule has 0 saturated carbocycles. The van der Waals surface area contributed by atoms with Gasteiger partial charge in [-0.25, -0.2) is 0 Å². The highest BCUT2D eigenvalue weighted by Crippen LogP contribution is 2.26. The summed E-state index contributed by atoms with van der Waals surface area (Å²) in [5.41, 5.74) is 7.64. The first-order valence-corrected chi connectivity index (χ1v) is 11.1. The maximum absolute atomic E-state index is 12.8. The second kappa shape index (κ2) is 12.0. The number of hydrogen-bond acceptors (Lipinski definition) is 6. The number of nitrogens with zero attached hydrogens (tertiary/aromatic N) is 1. The van der Waals surface area contributed by atoms with E-state index in [1.165, 1.54) is 12.5 Å². The van der Waals surface area contributed by atoms with Crippen LogP contribution in [0.4, 0.5) is 11.4 Å². The Kier molecular flexibility index (Phi) is 8.79. The summed E-state index contributed by atoms with van der Waals surface area (Å²) in [7, 11) is 0. The van der Waals surface area contributed by atoms with Crippen molar-refractivity contribution in [1.82, 2.24) is 5.32 Å². The molecule has 2 aromatic carbocycles. The Morgan fingerprint density at radius 1 is 0.970 bits per heavy atom. The normalized spacial score (nSPS) is 13.4. The van der Waals surface area contributed by atoms with Crippen molar-refractivity contribution in [3.05, 3.63) is 59.2 Å². The van der Waals surface area contributed by atoms with Crippen LogP contribution in [0.25, 0.3) is 0 Å². The smallest absolute Gasteiger partial charge is 0.255 e. The Morgan fingerprint density at radius 2 is 1.70 bits per heavy atom. The van der Waals surface area contributed by atoms with E-state index in [0.717, 1.165) is 31.6 Å². The average Bonchev–Trinajstić information content (AvgIpc) is 2.84. The number of rotatable bonds is 10. The molecule has 1 aliphatic heterocycles. The van der Waals surface area contributed by atoms with Crippen LogP contribution in [0.3, 0.4) is 0 Å². The molecule has 0 atom stereocenters. The quantitative estimate of drug-likeness (QED) is 0.404. The Labute approximate surface area is 192 Å². The number of anilines is 2. The van der Waals surface area contributed by atoms with Crippen LogP contribution < -0.4 is 21.3 Å². The Balaban J connectivity index is 1.68. The van der Waals surface area contributed by atoms with E-state index in [1.54, 1.807) is 30.3 Å². The predicted molar refractivity (Wildman–Crippen MR) is 126 cm³/mol. The Hall–Kier alpha value is -3.43. The molecule has 0 aliphatic carbocycles. The number of aliphatic hydroxyl groups is 1. The van der Waals surface area contributed by atoms with Gasteiger partial charge < -0.3 is 31.1 Å². The van der Waals surface area contributed by atoms with Gasteiger partial charge in [0, 0.05) is 36.4 Å². The minimum atomic E-state index is -0.624. The maximum atomic E-state index is 12.8. The summed E-state index contributed by atoms with van der Waals surface area (Å²) in [5, 5.41) is 14.1. The van der Waals surface area contributed by atoms with Crippen LogP contribution in [0, 0.1) is 0 Å². The van der Waals surface area contributed by atoms with Gasteiger partial charge in [0.05, 0.1) is 31.1 Å². The molecule has 0 unspecified atom stereocenters. The lowest BCUT2D eigenvalue weighted by Gasteiger charge is -2.29. The fraction of sp³-hybridized carbons (Fsp3) is 0.375. The van der Waals surface area contributed by atoms with E-state index < -0.39 is 11.8 Å². The van der Waals surface area contributed by atoms with E-state index in [2.05, 4.69) is 15.5 Å². The number of nitrogens with one attached hydrogen (secondary N) is 2. The summed E-state index contributed by atoms with van der Waals surface area (Å²) in [4.78, 5) is 39.4. The average molecular weight is 455 g/mol. The lowest BCUT2D eigenvalue weighted by atomic mass is 10.1. The summed E-state index contributed by atoms with van der Waals surface area (Å²) in [6.07, 6.45) is 3.40. The van der Waals surface area contributed by atoms with Crippen molar-refractivity contribution >= 4 is 29.1 Å². The first kappa shape index (κ1) is 24.2. The molecule has 5 N–H and O–H groups in total. The molecule has 1 aliphatic rings. The Morgan fingerprint density at radius 3 is 2.39 bits per heavy atom. The van der Waals surface area contributed by atoms with Crippen LogP contribution >= 0.6 is 0 Å². The van der Waals surface area contributed by atoms with Crippen molar-refractivity contribution in [2.75, 3.05) is 49.7 Å². The molecule has 0 aromatic heterocycles. The number of carbonyl (C=O) groups is 3. The van der Waals surface area contributed by atoms with Gasteiger partial charge in [0.2, 0.25) is 0 Å². The number of benzene rings is 2. The Bertz CT molecular complexity index is 989. The molecular weight excluding hydrogens is 424 g/mol. The zero-order chi connectivity index (χ0) is 23.6. The molecule has 0 radical (unpaired) electrons. The van der Waals surface area contributed by atoms with Gasteiger partial charge in [-0.1, -0.05) is 6.07 Å². The van der Waals surface area contributed by atoms with Crippen LogP contribution in [-0.4, -0.2) is 62.3 Å². The lowest BCUT2D eigenvalue weighted by Crippen LogP contribution is -2.30. The number of carbonyl (C=O) groups excluding carboxylic acids is 3. The van der Waals surface area contributed by atoms with E-state index >= 15 is 0 Å².